The van der Waals surface area contributed by atoms with Crippen molar-refractivity contribution < 1.29 is 13.2 Å². The summed E-state index contributed by atoms with van der Waals surface area (Å²) in [6.45, 7) is 7.16. The van der Waals surface area contributed by atoms with Gasteiger partial charge in [-0.1, -0.05) is 44.2 Å². The summed E-state index contributed by atoms with van der Waals surface area (Å²) >= 11 is 0. The molecule has 2 aromatic rings. The lowest BCUT2D eigenvalue weighted by Gasteiger charge is -2.27. The third kappa shape index (κ3) is 6.14. The average Bonchev–Trinajstić information content (AvgIpc) is 3.05. The van der Waals surface area contributed by atoms with Crippen LogP contribution < -0.4 is 0 Å². The Morgan fingerprint density at radius 1 is 1.24 bits per heavy atom. The van der Waals surface area contributed by atoms with Gasteiger partial charge in [-0.2, -0.15) is 0 Å². The number of rotatable bonds is 9. The number of hydrogen-bond acceptors (Lipinski definition) is 5. The molecule has 1 atom stereocenters. The van der Waals surface area contributed by atoms with Crippen LogP contribution in [0.5, 0.6) is 0 Å². The number of hydrogen-bond donors (Lipinski definition) is 0. The summed E-state index contributed by atoms with van der Waals surface area (Å²) in [4.78, 5) is 6.56. The van der Waals surface area contributed by atoms with Crippen LogP contribution in [0.3, 0.4) is 0 Å². The number of nitrogens with zero attached hydrogens (tertiary/aromatic N) is 3. The lowest BCUT2D eigenvalue weighted by Crippen LogP contribution is -2.33. The second-order valence-corrected chi connectivity index (χ2v) is 10.3. The maximum atomic E-state index is 13.1. The third-order valence-corrected chi connectivity index (χ3v) is 6.74. The van der Waals surface area contributed by atoms with Gasteiger partial charge in [-0.15, -0.1) is 0 Å². The molecule has 3 rings (SSSR count). The van der Waals surface area contributed by atoms with Gasteiger partial charge in [-0.05, 0) is 37.8 Å². The number of aromatic nitrogens is 2. The van der Waals surface area contributed by atoms with E-state index < -0.39 is 9.84 Å². The van der Waals surface area contributed by atoms with Crippen molar-refractivity contribution in [2.75, 3.05) is 20.2 Å². The largest absolute Gasteiger partial charge is 0.377 e. The first-order valence-corrected chi connectivity index (χ1v) is 12.1. The summed E-state index contributed by atoms with van der Waals surface area (Å²) in [6.07, 6.45) is 5.43. The molecule has 1 aromatic heterocycles. The van der Waals surface area contributed by atoms with E-state index in [1.54, 1.807) is 6.20 Å². The van der Waals surface area contributed by atoms with Crippen molar-refractivity contribution >= 4 is 9.84 Å². The van der Waals surface area contributed by atoms with E-state index in [-0.39, 0.29) is 17.0 Å². The van der Waals surface area contributed by atoms with Crippen LogP contribution in [0.2, 0.25) is 0 Å². The highest BCUT2D eigenvalue weighted by molar-refractivity contribution is 7.90. The maximum Gasteiger partial charge on any atom is 0.228 e. The minimum absolute atomic E-state index is 0.0336. The normalized spacial score (nSPS) is 17.9. The van der Waals surface area contributed by atoms with Gasteiger partial charge < -0.3 is 9.30 Å². The molecule has 0 unspecified atom stereocenters. The summed E-state index contributed by atoms with van der Waals surface area (Å²) in [5.74, 6) is 0.286. The van der Waals surface area contributed by atoms with Gasteiger partial charge in [0.1, 0.15) is 0 Å². The topological polar surface area (TPSA) is 64.4 Å². The molecule has 160 valence electrons. The number of benzene rings is 1. The van der Waals surface area contributed by atoms with Crippen molar-refractivity contribution in [3.05, 3.63) is 47.8 Å². The van der Waals surface area contributed by atoms with E-state index in [2.05, 4.69) is 30.8 Å². The van der Waals surface area contributed by atoms with Gasteiger partial charge in [0.25, 0.3) is 0 Å². The molecular formula is C22H33N3O3S. The SMILES string of the molecule is CC(C)Cn1c(CN(C)C[C@@H]2CCCCO2)cnc1S(=O)(=O)Cc1ccccc1. The van der Waals surface area contributed by atoms with E-state index in [0.717, 1.165) is 37.3 Å². The van der Waals surface area contributed by atoms with Crippen LogP contribution in [0.25, 0.3) is 0 Å². The first-order valence-electron chi connectivity index (χ1n) is 10.5. The fourth-order valence-corrected chi connectivity index (χ4v) is 5.33. The Morgan fingerprint density at radius 3 is 2.66 bits per heavy atom. The number of imidazole rings is 1. The third-order valence-electron chi connectivity index (χ3n) is 5.15. The monoisotopic (exact) mass is 419 g/mol. The molecule has 1 aliphatic heterocycles. The van der Waals surface area contributed by atoms with Crippen LogP contribution >= 0.6 is 0 Å². The van der Waals surface area contributed by atoms with Gasteiger partial charge in [0.05, 0.1) is 23.7 Å². The zero-order valence-electron chi connectivity index (χ0n) is 17.8. The first-order chi connectivity index (χ1) is 13.8. The second-order valence-electron chi connectivity index (χ2n) is 8.47. The highest BCUT2D eigenvalue weighted by Crippen LogP contribution is 2.21. The molecular weight excluding hydrogens is 386 g/mol. The van der Waals surface area contributed by atoms with E-state index in [1.807, 2.05) is 34.9 Å². The molecule has 0 amide bonds. The molecule has 29 heavy (non-hydrogen) atoms. The number of ether oxygens (including phenoxy) is 1. The molecule has 1 aliphatic rings. The molecule has 6 nitrogen and oxygen atoms in total. The van der Waals surface area contributed by atoms with Crippen LogP contribution in [0, 0.1) is 5.92 Å². The summed E-state index contributed by atoms with van der Waals surface area (Å²) in [7, 11) is -1.46. The van der Waals surface area contributed by atoms with Gasteiger partial charge in [-0.25, -0.2) is 13.4 Å². The maximum absolute atomic E-state index is 13.1. The smallest absolute Gasteiger partial charge is 0.228 e. The average molecular weight is 420 g/mol. The van der Waals surface area contributed by atoms with Gasteiger partial charge >= 0.3 is 0 Å². The number of sulfone groups is 1. The number of likely N-dealkylation sites (N-methyl/N-ethyl adjacent to an activating group) is 1. The first kappa shape index (κ1) is 22.0. The molecule has 0 aliphatic carbocycles. The quantitative estimate of drug-likeness (QED) is 0.622. The van der Waals surface area contributed by atoms with Crippen LogP contribution in [0.4, 0.5) is 0 Å². The van der Waals surface area contributed by atoms with E-state index in [9.17, 15) is 8.42 Å². The molecule has 1 saturated heterocycles. The molecule has 0 N–H and O–H groups in total. The van der Waals surface area contributed by atoms with Gasteiger partial charge in [-0.3, -0.25) is 4.90 Å². The summed E-state index contributed by atoms with van der Waals surface area (Å²) in [5.41, 5.74) is 1.71. The van der Waals surface area contributed by atoms with Crippen molar-refractivity contribution in [2.45, 2.75) is 63.2 Å². The van der Waals surface area contributed by atoms with Gasteiger partial charge in [0.15, 0.2) is 0 Å². The molecule has 1 aromatic carbocycles. The Hall–Kier alpha value is -1.70. The molecule has 2 heterocycles. The van der Waals surface area contributed by atoms with Crippen LogP contribution in [0.15, 0.2) is 41.7 Å². The molecule has 7 heteroatoms. The molecule has 0 saturated carbocycles. The van der Waals surface area contributed by atoms with Crippen molar-refractivity contribution in [1.29, 1.82) is 0 Å². The highest BCUT2D eigenvalue weighted by Gasteiger charge is 2.25. The zero-order chi connectivity index (χ0) is 20.9. The van der Waals surface area contributed by atoms with E-state index >= 15 is 0 Å². The Morgan fingerprint density at radius 2 is 2.00 bits per heavy atom. The van der Waals surface area contributed by atoms with E-state index in [1.165, 1.54) is 6.42 Å². The Bertz CT molecular complexity index is 872. The lowest BCUT2D eigenvalue weighted by molar-refractivity contribution is -0.00292. The molecule has 0 bridgehead atoms. The zero-order valence-corrected chi connectivity index (χ0v) is 18.6. The minimum atomic E-state index is -3.52. The van der Waals surface area contributed by atoms with Crippen molar-refractivity contribution in [1.82, 2.24) is 14.5 Å². The Balaban J connectivity index is 1.78. The van der Waals surface area contributed by atoms with Crippen LogP contribution in [-0.4, -0.2) is 49.2 Å². The standard InChI is InChI=1S/C22H33N3O3S/c1-18(2)14-25-20(15-24(3)16-21-11-7-8-12-28-21)13-23-22(25)29(26,27)17-19-9-5-4-6-10-19/h4-6,9-10,13,18,21H,7-8,11-12,14-17H2,1-3H3/t21-/m0/s1. The molecule has 0 spiro atoms. The van der Waals surface area contributed by atoms with Crippen molar-refractivity contribution in [2.24, 2.45) is 5.92 Å². The molecule has 0 radical (unpaired) electrons. The Kier molecular flexibility index (Phi) is 7.49. The highest BCUT2D eigenvalue weighted by atomic mass is 32.2. The van der Waals surface area contributed by atoms with E-state index in [4.69, 9.17) is 4.74 Å². The predicted molar refractivity (Wildman–Crippen MR) is 114 cm³/mol. The van der Waals surface area contributed by atoms with Crippen molar-refractivity contribution in [3.63, 3.8) is 0 Å². The van der Waals surface area contributed by atoms with Gasteiger partial charge in [0.2, 0.25) is 15.0 Å². The Labute approximate surface area is 174 Å². The lowest BCUT2D eigenvalue weighted by atomic mass is 10.1. The van der Waals surface area contributed by atoms with Crippen LogP contribution in [-0.2, 0) is 33.4 Å². The summed E-state index contributed by atoms with van der Waals surface area (Å²) in [5, 5.41) is 0.173. The second kappa shape index (κ2) is 9.87. The minimum Gasteiger partial charge on any atom is -0.377 e. The fraction of sp³-hybridized carbons (Fsp3) is 0.591. The predicted octanol–water partition coefficient (Wildman–Crippen LogP) is 3.51. The van der Waals surface area contributed by atoms with Gasteiger partial charge in [0, 0.05) is 26.2 Å². The van der Waals surface area contributed by atoms with Crippen LogP contribution in [0.1, 0.15) is 44.4 Å². The summed E-state index contributed by atoms with van der Waals surface area (Å²) < 4.78 is 33.9. The molecule has 1 fully saturated rings. The summed E-state index contributed by atoms with van der Waals surface area (Å²) in [6, 6.07) is 9.29. The fourth-order valence-electron chi connectivity index (χ4n) is 3.83. The van der Waals surface area contributed by atoms with E-state index in [0.29, 0.717) is 19.0 Å². The van der Waals surface area contributed by atoms with Crippen molar-refractivity contribution in [3.8, 4) is 0 Å².